The number of rotatable bonds is 37. The van der Waals surface area contributed by atoms with E-state index < -0.39 is 0 Å². The lowest BCUT2D eigenvalue weighted by Gasteiger charge is -2.31. The van der Waals surface area contributed by atoms with Crippen LogP contribution in [0.3, 0.4) is 0 Å². The van der Waals surface area contributed by atoms with E-state index in [0.717, 1.165) is 50.6 Å². The van der Waals surface area contributed by atoms with Gasteiger partial charge in [0.25, 0.3) is 0 Å². The summed E-state index contributed by atoms with van der Waals surface area (Å²) in [4.78, 5) is 15.2. The Balaban J connectivity index is 1.88. The molecule has 1 saturated heterocycles. The number of nitrogens with one attached hydrogen (secondary N) is 1. The van der Waals surface area contributed by atoms with E-state index in [4.69, 9.17) is 0 Å². The van der Waals surface area contributed by atoms with Crippen LogP contribution in [0.5, 0.6) is 0 Å². The summed E-state index contributed by atoms with van der Waals surface area (Å²) in [7, 11) is 4.16. The van der Waals surface area contributed by atoms with E-state index in [2.05, 4.69) is 76.9 Å². The molecule has 0 aliphatic carbocycles. The molecule has 0 aromatic rings. The molecule has 1 aliphatic rings. The van der Waals surface area contributed by atoms with E-state index in [-0.39, 0.29) is 0 Å². The van der Waals surface area contributed by atoms with Gasteiger partial charge in [-0.3, -0.25) is 4.79 Å². The lowest BCUT2D eigenvalue weighted by atomic mass is 9.91. The first-order chi connectivity index (χ1) is 24.2. The number of Topliss-reactive ketones (excluding diaryl/α,β-unsaturated/α-hetero) is 1. The standard InChI is InChI=1S/C44H84N2OS2/c1-4-7-9-10-11-12-13-14-15-16-17-18-19-20-21-22-24-30-44(47)31-25-29-42(27-6-3)32-36-45-35-26-40-48-49-41-39-46-37-33-43(34-38-46)28-23-8-5-2/h11-12,15-16,42-43,45H,4-10,13-14,17-41H2,1-3H3/b12-11-,16-15-. The van der Waals surface area contributed by atoms with Crippen LogP contribution in [0, 0.1) is 11.8 Å². The van der Waals surface area contributed by atoms with Crippen LogP contribution in [0.25, 0.3) is 0 Å². The molecule has 0 bridgehead atoms. The Kier molecular flexibility index (Phi) is 35.8. The second-order valence-corrected chi connectivity index (χ2v) is 17.8. The highest BCUT2D eigenvalue weighted by molar-refractivity contribution is 8.76. The van der Waals surface area contributed by atoms with Crippen molar-refractivity contribution in [3.63, 3.8) is 0 Å². The van der Waals surface area contributed by atoms with E-state index in [1.165, 1.54) is 179 Å². The topological polar surface area (TPSA) is 32.3 Å². The maximum absolute atomic E-state index is 12.5. The number of piperidine rings is 1. The van der Waals surface area contributed by atoms with E-state index in [1.54, 1.807) is 0 Å². The van der Waals surface area contributed by atoms with Crippen molar-refractivity contribution < 1.29 is 4.79 Å². The summed E-state index contributed by atoms with van der Waals surface area (Å²) in [6.07, 6.45) is 43.5. The molecular weight excluding hydrogens is 637 g/mol. The Hall–Kier alpha value is -0.230. The fraction of sp³-hybridized carbons (Fsp3) is 0.886. The number of nitrogens with zero attached hydrogens (tertiary/aromatic N) is 1. The number of ketones is 1. The molecule has 1 unspecified atom stereocenters. The smallest absolute Gasteiger partial charge is 0.132 e. The van der Waals surface area contributed by atoms with Gasteiger partial charge in [-0.2, -0.15) is 0 Å². The normalized spacial score (nSPS) is 15.2. The highest BCUT2D eigenvalue weighted by atomic mass is 33.1. The predicted molar refractivity (Wildman–Crippen MR) is 226 cm³/mol. The second-order valence-electron chi connectivity index (χ2n) is 15.1. The van der Waals surface area contributed by atoms with Crippen LogP contribution in [0.2, 0.25) is 0 Å². The summed E-state index contributed by atoms with van der Waals surface area (Å²) in [6.45, 7) is 13.1. The average Bonchev–Trinajstić information content (AvgIpc) is 3.11. The first-order valence-electron chi connectivity index (χ1n) is 21.7. The average molecular weight is 721 g/mol. The van der Waals surface area contributed by atoms with Gasteiger partial charge in [-0.05, 0) is 121 Å². The summed E-state index contributed by atoms with van der Waals surface area (Å²) in [5, 5.41) is 3.71. The Morgan fingerprint density at radius 3 is 1.96 bits per heavy atom. The molecule has 0 aromatic carbocycles. The molecule has 1 atom stereocenters. The SMILES string of the molecule is CCCCC/C=C\CC/C=C\CCCCCCCCC(=O)CCCC(CCC)CCNCCCSSCCN1CCC(CCCCC)CC1. The zero-order chi connectivity index (χ0) is 35.3. The molecule has 0 saturated carbocycles. The number of unbranched alkanes of at least 4 members (excludes halogenated alkanes) is 12. The molecule has 3 nitrogen and oxygen atoms in total. The van der Waals surface area contributed by atoms with Crippen molar-refractivity contribution in [3.8, 4) is 0 Å². The molecule has 0 spiro atoms. The molecule has 0 aromatic heterocycles. The van der Waals surface area contributed by atoms with E-state index >= 15 is 0 Å². The van der Waals surface area contributed by atoms with Crippen molar-refractivity contribution in [2.75, 3.05) is 44.2 Å². The molecule has 1 fully saturated rings. The quantitative estimate of drug-likeness (QED) is 0.0392. The number of carbonyl (C=O) groups is 1. The predicted octanol–water partition coefficient (Wildman–Crippen LogP) is 13.8. The summed E-state index contributed by atoms with van der Waals surface area (Å²) in [6, 6.07) is 0. The fourth-order valence-electron chi connectivity index (χ4n) is 7.17. The Morgan fingerprint density at radius 2 is 1.24 bits per heavy atom. The molecule has 49 heavy (non-hydrogen) atoms. The van der Waals surface area contributed by atoms with Gasteiger partial charge in [0.05, 0.1) is 0 Å². The van der Waals surface area contributed by atoms with Crippen molar-refractivity contribution in [2.24, 2.45) is 11.8 Å². The highest BCUT2D eigenvalue weighted by Crippen LogP contribution is 2.25. The lowest BCUT2D eigenvalue weighted by molar-refractivity contribution is -0.119. The van der Waals surface area contributed by atoms with Crippen molar-refractivity contribution in [1.82, 2.24) is 10.2 Å². The van der Waals surface area contributed by atoms with Crippen LogP contribution in [-0.4, -0.2) is 54.9 Å². The summed E-state index contributed by atoms with van der Waals surface area (Å²) in [5.41, 5.74) is 0. The molecule has 0 amide bonds. The van der Waals surface area contributed by atoms with Crippen LogP contribution >= 0.6 is 21.6 Å². The Bertz CT molecular complexity index is 749. The second kappa shape index (κ2) is 37.5. The maximum Gasteiger partial charge on any atom is 0.132 e. The highest BCUT2D eigenvalue weighted by Gasteiger charge is 2.18. The zero-order valence-electron chi connectivity index (χ0n) is 33.2. The van der Waals surface area contributed by atoms with Gasteiger partial charge >= 0.3 is 0 Å². The number of carbonyl (C=O) groups excluding carboxylic acids is 1. The van der Waals surface area contributed by atoms with Gasteiger partial charge in [0.15, 0.2) is 0 Å². The summed E-state index contributed by atoms with van der Waals surface area (Å²) in [5.74, 6) is 4.82. The molecule has 5 heteroatoms. The van der Waals surface area contributed by atoms with E-state index in [9.17, 15) is 4.79 Å². The van der Waals surface area contributed by atoms with E-state index in [1.807, 2.05) is 0 Å². The van der Waals surface area contributed by atoms with Crippen LogP contribution in [0.4, 0.5) is 0 Å². The van der Waals surface area contributed by atoms with Gasteiger partial charge in [-0.15, -0.1) is 0 Å². The number of hydrogen-bond donors (Lipinski definition) is 1. The van der Waals surface area contributed by atoms with Crippen LogP contribution in [0.1, 0.15) is 194 Å². The minimum Gasteiger partial charge on any atom is -0.317 e. The third-order valence-corrected chi connectivity index (χ3v) is 12.9. The molecule has 1 aliphatic heterocycles. The van der Waals surface area contributed by atoms with Gasteiger partial charge in [-0.25, -0.2) is 0 Å². The molecular formula is C44H84N2OS2. The first kappa shape index (κ1) is 46.8. The fourth-order valence-corrected chi connectivity index (χ4v) is 9.29. The third kappa shape index (κ3) is 32.2. The van der Waals surface area contributed by atoms with Crippen molar-refractivity contribution in [3.05, 3.63) is 24.3 Å². The van der Waals surface area contributed by atoms with Gasteiger partial charge in [0, 0.05) is 30.9 Å². The first-order valence-corrected chi connectivity index (χ1v) is 24.2. The minimum absolute atomic E-state index is 0.507. The number of allylic oxidation sites excluding steroid dienone is 4. The number of hydrogen-bond acceptors (Lipinski definition) is 5. The maximum atomic E-state index is 12.5. The third-order valence-electron chi connectivity index (χ3n) is 10.5. The van der Waals surface area contributed by atoms with Crippen LogP contribution in [0.15, 0.2) is 24.3 Å². The lowest BCUT2D eigenvalue weighted by Crippen LogP contribution is -2.35. The molecule has 0 radical (unpaired) electrons. The van der Waals surface area contributed by atoms with Gasteiger partial charge < -0.3 is 10.2 Å². The van der Waals surface area contributed by atoms with Crippen LogP contribution in [-0.2, 0) is 4.79 Å². The Labute approximate surface area is 315 Å². The Morgan fingerprint density at radius 1 is 0.633 bits per heavy atom. The van der Waals surface area contributed by atoms with Gasteiger partial charge in [-0.1, -0.05) is 144 Å². The van der Waals surface area contributed by atoms with Crippen molar-refractivity contribution in [1.29, 1.82) is 0 Å². The van der Waals surface area contributed by atoms with Crippen molar-refractivity contribution >= 4 is 27.4 Å². The monoisotopic (exact) mass is 721 g/mol. The van der Waals surface area contributed by atoms with Gasteiger partial charge in [0.2, 0.25) is 0 Å². The van der Waals surface area contributed by atoms with Crippen molar-refractivity contribution in [2.45, 2.75) is 194 Å². The van der Waals surface area contributed by atoms with Crippen LogP contribution < -0.4 is 5.32 Å². The van der Waals surface area contributed by atoms with Gasteiger partial charge in [0.1, 0.15) is 5.78 Å². The largest absolute Gasteiger partial charge is 0.317 e. The summed E-state index contributed by atoms with van der Waals surface area (Å²) < 4.78 is 0. The molecule has 1 heterocycles. The molecule has 1 N–H and O–H groups in total. The minimum atomic E-state index is 0.507. The zero-order valence-corrected chi connectivity index (χ0v) is 34.8. The molecule has 288 valence electrons. The summed E-state index contributed by atoms with van der Waals surface area (Å²) >= 11 is 0. The molecule has 1 rings (SSSR count). The van der Waals surface area contributed by atoms with E-state index in [0.29, 0.717) is 5.78 Å². The number of likely N-dealkylation sites (tertiary alicyclic amines) is 1.